The SMILES string of the molecule is Cc1cc(C)n(C(=O)c2cnn(-c3ccc(S(N)(=O)=O)cc3)c2N)n1. The van der Waals surface area contributed by atoms with E-state index in [1.807, 2.05) is 0 Å². The van der Waals surface area contributed by atoms with Crippen LogP contribution >= 0.6 is 0 Å². The van der Waals surface area contributed by atoms with Crippen molar-refractivity contribution in [2.24, 2.45) is 5.14 Å². The summed E-state index contributed by atoms with van der Waals surface area (Å²) in [6.45, 7) is 3.56. The highest BCUT2D eigenvalue weighted by Gasteiger charge is 2.20. The highest BCUT2D eigenvalue weighted by Crippen LogP contribution is 2.20. The van der Waals surface area contributed by atoms with Crippen LogP contribution in [0.2, 0.25) is 0 Å². The van der Waals surface area contributed by atoms with E-state index < -0.39 is 15.9 Å². The number of primary sulfonamides is 1. The maximum atomic E-state index is 12.6. The summed E-state index contributed by atoms with van der Waals surface area (Å²) in [7, 11) is -3.79. The first-order valence-electron chi connectivity index (χ1n) is 7.23. The number of carbonyl (C=O) groups excluding carboxylic acids is 1. The van der Waals surface area contributed by atoms with Gasteiger partial charge in [-0.2, -0.15) is 10.2 Å². The molecule has 2 heterocycles. The van der Waals surface area contributed by atoms with Gasteiger partial charge in [0, 0.05) is 5.69 Å². The predicted octanol–water partition coefficient (Wildman–Crippen LogP) is 0.604. The third-order valence-electron chi connectivity index (χ3n) is 3.65. The smallest absolute Gasteiger partial charge is 0.283 e. The van der Waals surface area contributed by atoms with Gasteiger partial charge in [0.2, 0.25) is 10.0 Å². The molecule has 10 heteroatoms. The van der Waals surface area contributed by atoms with Crippen molar-refractivity contribution in [2.45, 2.75) is 18.7 Å². The van der Waals surface area contributed by atoms with Crippen molar-refractivity contribution in [3.8, 4) is 5.69 Å². The monoisotopic (exact) mass is 360 g/mol. The first kappa shape index (κ1) is 16.9. The highest BCUT2D eigenvalue weighted by atomic mass is 32.2. The molecule has 130 valence electrons. The zero-order valence-corrected chi connectivity index (χ0v) is 14.4. The Bertz CT molecular complexity index is 1060. The van der Waals surface area contributed by atoms with Crippen LogP contribution in [-0.4, -0.2) is 33.9 Å². The third-order valence-corrected chi connectivity index (χ3v) is 4.58. The van der Waals surface area contributed by atoms with Crippen molar-refractivity contribution < 1.29 is 13.2 Å². The summed E-state index contributed by atoms with van der Waals surface area (Å²) in [5.41, 5.74) is 8.15. The van der Waals surface area contributed by atoms with Gasteiger partial charge in [-0.25, -0.2) is 22.9 Å². The minimum atomic E-state index is -3.79. The van der Waals surface area contributed by atoms with E-state index in [2.05, 4.69) is 10.2 Å². The molecule has 4 N–H and O–H groups in total. The largest absolute Gasteiger partial charge is 0.383 e. The van der Waals surface area contributed by atoms with E-state index in [0.29, 0.717) is 11.4 Å². The van der Waals surface area contributed by atoms with E-state index in [4.69, 9.17) is 10.9 Å². The highest BCUT2D eigenvalue weighted by molar-refractivity contribution is 7.89. The Balaban J connectivity index is 1.99. The molecule has 0 aliphatic heterocycles. The number of nitrogen functional groups attached to an aromatic ring is 1. The van der Waals surface area contributed by atoms with Gasteiger partial charge in [0.25, 0.3) is 5.91 Å². The Kier molecular flexibility index (Phi) is 3.93. The Morgan fingerprint density at radius 1 is 1.16 bits per heavy atom. The summed E-state index contributed by atoms with van der Waals surface area (Å²) in [5, 5.41) is 13.3. The molecule has 9 nitrogen and oxygen atoms in total. The van der Waals surface area contributed by atoms with Crippen molar-refractivity contribution in [1.82, 2.24) is 19.6 Å². The molecule has 0 fully saturated rings. The van der Waals surface area contributed by atoms with E-state index in [1.54, 1.807) is 19.9 Å². The van der Waals surface area contributed by atoms with Crippen LogP contribution in [0.5, 0.6) is 0 Å². The average molecular weight is 360 g/mol. The second kappa shape index (κ2) is 5.83. The number of benzene rings is 1. The van der Waals surface area contributed by atoms with E-state index in [-0.39, 0.29) is 16.3 Å². The molecule has 0 saturated carbocycles. The lowest BCUT2D eigenvalue weighted by Crippen LogP contribution is -2.17. The normalized spacial score (nSPS) is 11.6. The molecular weight excluding hydrogens is 344 g/mol. The summed E-state index contributed by atoms with van der Waals surface area (Å²) in [6, 6.07) is 7.47. The van der Waals surface area contributed by atoms with Gasteiger partial charge in [-0.15, -0.1) is 0 Å². The lowest BCUT2D eigenvalue weighted by molar-refractivity contribution is 0.0943. The van der Waals surface area contributed by atoms with Gasteiger partial charge < -0.3 is 5.73 Å². The second-order valence-electron chi connectivity index (χ2n) is 5.54. The molecule has 0 spiro atoms. The fourth-order valence-electron chi connectivity index (χ4n) is 2.45. The van der Waals surface area contributed by atoms with Crippen LogP contribution in [0.3, 0.4) is 0 Å². The zero-order chi connectivity index (χ0) is 18.4. The number of anilines is 1. The van der Waals surface area contributed by atoms with Crippen LogP contribution in [0.25, 0.3) is 5.69 Å². The number of sulfonamides is 1. The maximum absolute atomic E-state index is 12.6. The van der Waals surface area contributed by atoms with Crippen molar-refractivity contribution in [3.05, 3.63) is 53.5 Å². The predicted molar refractivity (Wildman–Crippen MR) is 90.8 cm³/mol. The van der Waals surface area contributed by atoms with Crippen molar-refractivity contribution >= 4 is 21.7 Å². The molecule has 3 aromatic rings. The molecule has 0 bridgehead atoms. The number of carbonyl (C=O) groups is 1. The summed E-state index contributed by atoms with van der Waals surface area (Å²) in [5.74, 6) is -0.267. The molecule has 0 atom stereocenters. The minimum Gasteiger partial charge on any atom is -0.383 e. The Labute approximate surface area is 143 Å². The third kappa shape index (κ3) is 3.04. The first-order chi connectivity index (χ1) is 11.7. The molecular formula is C15H16N6O3S. The fourth-order valence-corrected chi connectivity index (χ4v) is 2.97. The number of hydrogen-bond donors (Lipinski definition) is 2. The number of nitrogens with zero attached hydrogens (tertiary/aromatic N) is 4. The number of aryl methyl sites for hydroxylation is 2. The van der Waals surface area contributed by atoms with Gasteiger partial charge in [-0.3, -0.25) is 4.79 Å². The molecule has 1 aromatic carbocycles. The topological polar surface area (TPSA) is 139 Å². The molecule has 0 aliphatic carbocycles. The quantitative estimate of drug-likeness (QED) is 0.701. The van der Waals surface area contributed by atoms with Crippen LogP contribution in [-0.2, 0) is 10.0 Å². The van der Waals surface area contributed by atoms with Crippen LogP contribution in [0.15, 0.2) is 41.4 Å². The zero-order valence-electron chi connectivity index (χ0n) is 13.5. The lowest BCUT2D eigenvalue weighted by Gasteiger charge is -2.06. The second-order valence-corrected chi connectivity index (χ2v) is 7.10. The Hall–Kier alpha value is -2.98. The van der Waals surface area contributed by atoms with Gasteiger partial charge >= 0.3 is 0 Å². The van der Waals surface area contributed by atoms with Gasteiger partial charge in [0.05, 0.1) is 22.5 Å². The van der Waals surface area contributed by atoms with Gasteiger partial charge in [0.15, 0.2) is 0 Å². The average Bonchev–Trinajstić information content (AvgIpc) is 3.08. The van der Waals surface area contributed by atoms with E-state index in [1.165, 1.54) is 39.8 Å². The number of rotatable bonds is 3. The molecule has 0 amide bonds. The molecule has 0 saturated heterocycles. The van der Waals surface area contributed by atoms with Crippen LogP contribution < -0.4 is 10.9 Å². The lowest BCUT2D eigenvalue weighted by atomic mass is 10.3. The minimum absolute atomic E-state index is 0.0269. The van der Waals surface area contributed by atoms with Crippen molar-refractivity contribution in [3.63, 3.8) is 0 Å². The molecule has 0 unspecified atom stereocenters. The van der Waals surface area contributed by atoms with Gasteiger partial charge in [-0.1, -0.05) is 0 Å². The first-order valence-corrected chi connectivity index (χ1v) is 8.78. The van der Waals surface area contributed by atoms with Gasteiger partial charge in [0.1, 0.15) is 11.4 Å². The molecule has 25 heavy (non-hydrogen) atoms. The maximum Gasteiger partial charge on any atom is 0.283 e. The number of hydrogen-bond acceptors (Lipinski definition) is 6. The van der Waals surface area contributed by atoms with Crippen molar-refractivity contribution in [2.75, 3.05) is 5.73 Å². The van der Waals surface area contributed by atoms with E-state index in [0.717, 1.165) is 5.69 Å². The van der Waals surface area contributed by atoms with E-state index >= 15 is 0 Å². The van der Waals surface area contributed by atoms with Crippen molar-refractivity contribution in [1.29, 1.82) is 0 Å². The Morgan fingerprint density at radius 3 is 2.32 bits per heavy atom. The molecule has 2 aromatic heterocycles. The summed E-state index contributed by atoms with van der Waals surface area (Å²) >= 11 is 0. The fraction of sp³-hybridized carbons (Fsp3) is 0.133. The van der Waals surface area contributed by atoms with E-state index in [9.17, 15) is 13.2 Å². The standard InChI is InChI=1S/C15H16N6O3S/c1-9-7-10(2)20(19-9)15(22)13-8-18-21(14(13)16)11-3-5-12(6-4-11)25(17,23)24/h3-8H,16H2,1-2H3,(H2,17,23,24). The molecule has 0 radical (unpaired) electrons. The number of nitrogens with two attached hydrogens (primary N) is 2. The summed E-state index contributed by atoms with van der Waals surface area (Å²) < 4.78 is 25.2. The molecule has 0 aliphatic rings. The van der Waals surface area contributed by atoms with Gasteiger partial charge in [-0.05, 0) is 44.2 Å². The summed E-state index contributed by atoms with van der Waals surface area (Å²) in [6.07, 6.45) is 1.35. The summed E-state index contributed by atoms with van der Waals surface area (Å²) in [4.78, 5) is 12.6. The van der Waals surface area contributed by atoms with Crippen LogP contribution in [0.4, 0.5) is 5.82 Å². The Morgan fingerprint density at radius 2 is 1.80 bits per heavy atom. The number of aromatic nitrogens is 4. The van der Waals surface area contributed by atoms with Crippen LogP contribution in [0, 0.1) is 13.8 Å². The van der Waals surface area contributed by atoms with Crippen LogP contribution in [0.1, 0.15) is 21.7 Å². The molecule has 3 rings (SSSR count).